The van der Waals surface area contributed by atoms with Gasteiger partial charge in [-0.1, -0.05) is 5.22 Å². The predicted octanol–water partition coefficient (Wildman–Crippen LogP) is 0.337. The number of carbonyl (C=O) groups excluding carboxylic acids is 2. The summed E-state index contributed by atoms with van der Waals surface area (Å²) in [6, 6.07) is 5.16. The van der Waals surface area contributed by atoms with Crippen molar-refractivity contribution in [3.63, 3.8) is 0 Å². The van der Waals surface area contributed by atoms with Gasteiger partial charge in [0.25, 0.3) is 11.8 Å². The van der Waals surface area contributed by atoms with Crippen LogP contribution in [0.5, 0.6) is 0 Å². The van der Waals surface area contributed by atoms with Gasteiger partial charge in [-0.2, -0.15) is 9.97 Å². The maximum atomic E-state index is 12.4. The average molecular weight is 637 g/mol. The molecule has 3 aromatic heterocycles. The maximum absolute atomic E-state index is 12.4. The van der Waals surface area contributed by atoms with Crippen molar-refractivity contribution in [2.24, 2.45) is 16.1 Å². The lowest BCUT2D eigenvalue weighted by Gasteiger charge is -2.19. The molecule has 4 rings (SSSR count). The van der Waals surface area contributed by atoms with Gasteiger partial charge < -0.3 is 42.6 Å². The van der Waals surface area contributed by atoms with E-state index in [2.05, 4.69) is 45.6 Å². The van der Waals surface area contributed by atoms with Gasteiger partial charge in [-0.05, 0) is 30.7 Å². The van der Waals surface area contributed by atoms with Crippen molar-refractivity contribution in [1.82, 2.24) is 40.2 Å². The number of hydrogen-bond donors (Lipinski definition) is 7. The molecular weight excluding hydrogens is 604 g/mol. The summed E-state index contributed by atoms with van der Waals surface area (Å²) in [5, 5.41) is 29.1. The molecule has 0 aliphatic carbocycles. The number of H-pyrrole nitrogens is 1. The molecular formula is C26H32N14O6. The van der Waals surface area contributed by atoms with Crippen molar-refractivity contribution >= 4 is 58.2 Å². The third-order valence-electron chi connectivity index (χ3n) is 5.90. The molecule has 20 heteroatoms. The van der Waals surface area contributed by atoms with Crippen molar-refractivity contribution < 1.29 is 29.4 Å². The van der Waals surface area contributed by atoms with Gasteiger partial charge in [0.05, 0.1) is 24.8 Å². The van der Waals surface area contributed by atoms with E-state index in [-0.39, 0.29) is 41.7 Å². The van der Waals surface area contributed by atoms with E-state index in [1.165, 1.54) is 23.5 Å². The normalized spacial score (nSPS) is 11.4. The Hall–Kier alpha value is -6.47. The number of aromatic nitrogens is 6. The number of carboxylic acids is 2. The van der Waals surface area contributed by atoms with Gasteiger partial charge >= 0.3 is 11.9 Å². The molecule has 1 aromatic carbocycles. The SMILES string of the molecule is CN(C)/N=N/c1[nH]cnc1C(N)=O.CN(Cc1cnc2nc(N)nc(N)c2n1)c1ccc(C(=O)N[C@@H](CCC(=O)O)C(=O)O)cc1. The summed E-state index contributed by atoms with van der Waals surface area (Å²) >= 11 is 0. The van der Waals surface area contributed by atoms with Crippen LogP contribution in [-0.4, -0.2) is 96.1 Å². The number of rotatable bonds is 12. The molecule has 1 atom stereocenters. The Balaban J connectivity index is 0.000000370. The third kappa shape index (κ3) is 9.52. The number of nitrogens with zero attached hydrogens (tertiary/aromatic N) is 9. The highest BCUT2D eigenvalue weighted by molar-refractivity contribution is 5.97. The summed E-state index contributed by atoms with van der Waals surface area (Å²) in [5.74, 6) is -3.27. The quantitative estimate of drug-likeness (QED) is 0.0814. The van der Waals surface area contributed by atoms with Crippen LogP contribution in [0.1, 0.15) is 39.4 Å². The molecule has 0 saturated heterocycles. The number of aromatic amines is 1. The first-order chi connectivity index (χ1) is 21.7. The van der Waals surface area contributed by atoms with E-state index in [0.29, 0.717) is 23.4 Å². The number of carbonyl (C=O) groups is 4. The first-order valence-electron chi connectivity index (χ1n) is 13.3. The highest BCUT2D eigenvalue weighted by Crippen LogP contribution is 2.19. The van der Waals surface area contributed by atoms with E-state index in [4.69, 9.17) is 22.3 Å². The monoisotopic (exact) mass is 636 g/mol. The fourth-order valence-electron chi connectivity index (χ4n) is 3.71. The zero-order valence-electron chi connectivity index (χ0n) is 24.9. The Labute approximate surface area is 260 Å². The minimum Gasteiger partial charge on any atom is -0.481 e. The summed E-state index contributed by atoms with van der Waals surface area (Å²) in [4.78, 5) is 69.8. The first kappa shape index (κ1) is 34.0. The number of hydrogen-bond acceptors (Lipinski definition) is 14. The maximum Gasteiger partial charge on any atom is 0.326 e. The van der Waals surface area contributed by atoms with E-state index in [9.17, 15) is 24.3 Å². The van der Waals surface area contributed by atoms with Crippen LogP contribution >= 0.6 is 0 Å². The zero-order valence-corrected chi connectivity index (χ0v) is 24.9. The number of primary amides is 1. The van der Waals surface area contributed by atoms with Crippen molar-refractivity contribution in [2.45, 2.75) is 25.4 Å². The van der Waals surface area contributed by atoms with Gasteiger partial charge in [-0.25, -0.2) is 19.7 Å². The molecule has 0 aliphatic rings. The molecule has 0 spiro atoms. The number of benzene rings is 1. The largest absolute Gasteiger partial charge is 0.481 e. The Bertz CT molecular complexity index is 1740. The molecule has 0 fully saturated rings. The van der Waals surface area contributed by atoms with Crippen LogP contribution in [0.25, 0.3) is 11.2 Å². The fraction of sp³-hybridized carbons (Fsp3) is 0.269. The first-order valence-corrected chi connectivity index (χ1v) is 13.3. The number of nitrogens with one attached hydrogen (secondary N) is 2. The highest BCUT2D eigenvalue weighted by Gasteiger charge is 2.22. The molecule has 0 saturated carbocycles. The molecule has 4 aromatic rings. The van der Waals surface area contributed by atoms with Crippen LogP contribution in [0, 0.1) is 0 Å². The number of aliphatic carboxylic acids is 2. The number of amides is 2. The molecule has 46 heavy (non-hydrogen) atoms. The van der Waals surface area contributed by atoms with Gasteiger partial charge in [-0.3, -0.25) is 19.4 Å². The second-order valence-electron chi connectivity index (χ2n) is 9.70. The summed E-state index contributed by atoms with van der Waals surface area (Å²) in [7, 11) is 5.24. The lowest BCUT2D eigenvalue weighted by atomic mass is 10.1. The number of anilines is 3. The molecule has 242 valence electrons. The number of imidazole rings is 1. The predicted molar refractivity (Wildman–Crippen MR) is 164 cm³/mol. The molecule has 20 nitrogen and oxygen atoms in total. The fourth-order valence-corrected chi connectivity index (χ4v) is 3.71. The second-order valence-corrected chi connectivity index (χ2v) is 9.70. The molecule has 0 aliphatic heterocycles. The van der Waals surface area contributed by atoms with E-state index < -0.39 is 29.8 Å². The van der Waals surface area contributed by atoms with Crippen molar-refractivity contribution in [3.8, 4) is 0 Å². The number of nitrogen functional groups attached to an aromatic ring is 2. The van der Waals surface area contributed by atoms with Crippen molar-refractivity contribution in [2.75, 3.05) is 37.5 Å². The molecule has 2 amide bonds. The second kappa shape index (κ2) is 15.3. The van der Waals surface area contributed by atoms with Gasteiger partial charge in [-0.15, -0.1) is 5.11 Å². The Morgan fingerprint density at radius 2 is 1.72 bits per heavy atom. The average Bonchev–Trinajstić information content (AvgIpc) is 3.48. The van der Waals surface area contributed by atoms with Crippen LogP contribution in [0.3, 0.4) is 0 Å². The molecule has 0 radical (unpaired) electrons. The minimum atomic E-state index is -1.30. The van der Waals surface area contributed by atoms with E-state index in [1.54, 1.807) is 32.4 Å². The van der Waals surface area contributed by atoms with Gasteiger partial charge in [0.15, 0.2) is 28.5 Å². The molecule has 3 heterocycles. The van der Waals surface area contributed by atoms with E-state index in [1.807, 2.05) is 11.9 Å². The van der Waals surface area contributed by atoms with Crippen LogP contribution in [0.4, 0.5) is 23.3 Å². The summed E-state index contributed by atoms with van der Waals surface area (Å²) < 4.78 is 0. The van der Waals surface area contributed by atoms with Gasteiger partial charge in [0.2, 0.25) is 5.95 Å². The van der Waals surface area contributed by atoms with E-state index in [0.717, 1.165) is 5.69 Å². The molecule has 10 N–H and O–H groups in total. The number of nitrogens with two attached hydrogens (primary N) is 3. The van der Waals surface area contributed by atoms with Gasteiger partial charge in [0.1, 0.15) is 6.04 Å². The number of carboxylic acid groups (broad SMARTS) is 2. The van der Waals surface area contributed by atoms with Crippen LogP contribution in [0.2, 0.25) is 0 Å². The third-order valence-corrected chi connectivity index (χ3v) is 5.90. The summed E-state index contributed by atoms with van der Waals surface area (Å²) in [5.41, 5.74) is 18.8. The lowest BCUT2D eigenvalue weighted by molar-refractivity contribution is -0.140. The summed E-state index contributed by atoms with van der Waals surface area (Å²) in [6.45, 7) is 0.370. The molecule has 0 unspecified atom stereocenters. The smallest absolute Gasteiger partial charge is 0.326 e. The van der Waals surface area contributed by atoms with E-state index >= 15 is 0 Å². The minimum absolute atomic E-state index is 0.0138. The summed E-state index contributed by atoms with van der Waals surface area (Å²) in [6.07, 6.45) is 2.30. The van der Waals surface area contributed by atoms with Crippen LogP contribution in [-0.2, 0) is 16.1 Å². The van der Waals surface area contributed by atoms with Gasteiger partial charge in [0, 0.05) is 38.8 Å². The lowest BCUT2D eigenvalue weighted by Crippen LogP contribution is -2.41. The highest BCUT2D eigenvalue weighted by atomic mass is 16.4. The Kier molecular flexibility index (Phi) is 11.3. The topological polar surface area (TPSA) is 310 Å². The van der Waals surface area contributed by atoms with Crippen LogP contribution in [0.15, 0.2) is 47.1 Å². The van der Waals surface area contributed by atoms with Crippen LogP contribution < -0.4 is 27.4 Å². The standard InChI is InChI=1S/C20H22N8O5.C6H10N6O/c1-28(9-11-8-23-17-15(24-11)16(21)26-20(22)27-17)12-4-2-10(3-5-12)18(31)25-13(19(32)33)6-7-14(29)30;1-12(2)11-10-6-4(5(7)13)8-3-9-6/h2-5,8,13H,6-7,9H2,1H3,(H,25,31)(H,29,30)(H,32,33)(H4,21,22,23,26,27);3H,1-2H3,(H2,7,13)(H,8,9)/b;11-10+/t13-;/m0./s1. The Morgan fingerprint density at radius 3 is 2.33 bits per heavy atom. The van der Waals surface area contributed by atoms with Crippen molar-refractivity contribution in [3.05, 3.63) is 53.7 Å². The van der Waals surface area contributed by atoms with Crippen molar-refractivity contribution in [1.29, 1.82) is 0 Å². The molecule has 0 bridgehead atoms. The zero-order chi connectivity index (χ0) is 34.0. The number of fused-ring (bicyclic) bond motifs is 1. The Morgan fingerprint density at radius 1 is 1.02 bits per heavy atom.